The minimum atomic E-state index is -0.390. The molecule has 5 atom stereocenters. The molecule has 4 aliphatic rings. The third-order valence-corrected chi connectivity index (χ3v) is 11.8. The predicted molar refractivity (Wildman–Crippen MR) is 191 cm³/mol. The molecule has 0 radical (unpaired) electrons. The summed E-state index contributed by atoms with van der Waals surface area (Å²) in [6.07, 6.45) is 14.1. The molecule has 2 bridgehead atoms. The molecule has 2 fully saturated rings. The van der Waals surface area contributed by atoms with Gasteiger partial charge in [-0.15, -0.1) is 6.58 Å². The van der Waals surface area contributed by atoms with Crippen molar-refractivity contribution in [3.63, 3.8) is 0 Å². The molecular formula is C42H52N2O4. The Morgan fingerprint density at radius 3 is 2.40 bits per heavy atom. The van der Waals surface area contributed by atoms with Crippen LogP contribution >= 0.6 is 0 Å². The van der Waals surface area contributed by atoms with Crippen molar-refractivity contribution in [3.8, 4) is 17.2 Å². The van der Waals surface area contributed by atoms with Crippen LogP contribution in [0.4, 0.5) is 0 Å². The molecular weight excluding hydrogens is 596 g/mol. The first-order valence-electron chi connectivity index (χ1n) is 18.4. The van der Waals surface area contributed by atoms with Crippen LogP contribution in [0.2, 0.25) is 0 Å². The molecule has 2 aliphatic carbocycles. The van der Waals surface area contributed by atoms with Crippen LogP contribution in [-0.4, -0.2) is 65.2 Å². The lowest BCUT2D eigenvalue weighted by Crippen LogP contribution is -2.68. The highest BCUT2D eigenvalue weighted by atomic mass is 16.6. The van der Waals surface area contributed by atoms with Crippen molar-refractivity contribution >= 4 is 5.97 Å². The zero-order valence-electron chi connectivity index (χ0n) is 28.6. The number of esters is 1. The quantitative estimate of drug-likeness (QED) is 0.0791. The maximum atomic E-state index is 12.2. The summed E-state index contributed by atoms with van der Waals surface area (Å²) < 4.78 is 12.9. The second-order valence-electron chi connectivity index (χ2n) is 14.6. The number of likely N-dealkylation sites (tertiary alicyclic amines) is 1. The number of carbonyl (C=O) groups excluding carboxylic acids is 1. The van der Waals surface area contributed by atoms with Gasteiger partial charge in [0.2, 0.25) is 0 Å². The standard InChI is InChI=1S/C42H52N2O4/c1-3-24-43-27-23-42-34-21-22-35(41(42)48-40-38(47-30(2)45)29-37(46)33(39(40)42)28-36(34)43)44(26-14-20-32-18-11-7-12-19-32)25-13-5-4-8-15-31-16-9-6-10-17-31/h3,6-7,9-12,16-19,29,34-36,41,46H,1,4-5,8,13-15,20-28H2,2H3/t34-,35-,36+,41-,42-/m0/s1. The van der Waals surface area contributed by atoms with Crippen LogP contribution in [0.3, 0.4) is 0 Å². The summed E-state index contributed by atoms with van der Waals surface area (Å²) in [7, 11) is 0. The second kappa shape index (κ2) is 14.5. The molecule has 48 heavy (non-hydrogen) atoms. The molecule has 254 valence electrons. The molecule has 1 spiro atoms. The third-order valence-electron chi connectivity index (χ3n) is 11.8. The fraction of sp³-hybridized carbons (Fsp3) is 0.500. The van der Waals surface area contributed by atoms with Crippen LogP contribution < -0.4 is 9.47 Å². The van der Waals surface area contributed by atoms with Crippen LogP contribution in [0.15, 0.2) is 79.4 Å². The van der Waals surface area contributed by atoms with E-state index in [1.165, 1.54) is 43.7 Å². The molecule has 1 saturated carbocycles. The van der Waals surface area contributed by atoms with Crippen molar-refractivity contribution in [2.24, 2.45) is 5.92 Å². The Morgan fingerprint density at radius 2 is 1.69 bits per heavy atom. The van der Waals surface area contributed by atoms with E-state index in [-0.39, 0.29) is 29.3 Å². The Bertz CT molecular complexity index is 1580. The van der Waals surface area contributed by atoms with Gasteiger partial charge in [0, 0.05) is 48.2 Å². The maximum Gasteiger partial charge on any atom is 0.308 e. The van der Waals surface area contributed by atoms with Gasteiger partial charge in [-0.1, -0.05) is 79.6 Å². The molecule has 2 heterocycles. The topological polar surface area (TPSA) is 62.2 Å². The lowest BCUT2D eigenvalue weighted by atomic mass is 9.50. The highest BCUT2D eigenvalue weighted by Crippen LogP contribution is 2.65. The maximum absolute atomic E-state index is 12.2. The van der Waals surface area contributed by atoms with E-state index in [1.54, 1.807) is 6.07 Å². The lowest BCUT2D eigenvalue weighted by molar-refractivity contribution is -0.132. The largest absolute Gasteiger partial charge is 0.508 e. The molecule has 2 aliphatic heterocycles. The Balaban J connectivity index is 1.15. The second-order valence-corrected chi connectivity index (χ2v) is 14.6. The van der Waals surface area contributed by atoms with Crippen molar-refractivity contribution in [2.75, 3.05) is 26.2 Å². The van der Waals surface area contributed by atoms with E-state index in [0.29, 0.717) is 23.5 Å². The number of phenolic OH excluding ortho intramolecular Hbond substituents is 1. The molecule has 1 saturated heterocycles. The van der Waals surface area contributed by atoms with E-state index >= 15 is 0 Å². The first-order valence-corrected chi connectivity index (χ1v) is 18.4. The van der Waals surface area contributed by atoms with Crippen molar-refractivity contribution in [3.05, 3.63) is 102 Å². The summed E-state index contributed by atoms with van der Waals surface area (Å²) >= 11 is 0. The smallest absolute Gasteiger partial charge is 0.308 e. The minimum absolute atomic E-state index is 0.0374. The van der Waals surface area contributed by atoms with Crippen molar-refractivity contribution in [2.45, 2.75) is 101 Å². The summed E-state index contributed by atoms with van der Waals surface area (Å²) in [4.78, 5) is 17.6. The Kier molecular flexibility index (Phi) is 9.93. The SMILES string of the molecule is C=CCN1CC[C@]23c4c5c(O)cc(OC(C)=O)c4O[C@H]2[C@@H](N(CCCCCCc2ccccc2)CCCc2ccccc2)CC[C@H]3[C@H]1C5. The number of rotatable bonds is 15. The number of hydrogen-bond acceptors (Lipinski definition) is 6. The van der Waals surface area contributed by atoms with Gasteiger partial charge in [-0.05, 0) is 94.5 Å². The Morgan fingerprint density at radius 1 is 1.00 bits per heavy atom. The first-order chi connectivity index (χ1) is 23.5. The monoisotopic (exact) mass is 648 g/mol. The van der Waals surface area contributed by atoms with Gasteiger partial charge >= 0.3 is 5.97 Å². The summed E-state index contributed by atoms with van der Waals surface area (Å²) in [5.74, 6) is 1.35. The van der Waals surface area contributed by atoms with Crippen molar-refractivity contribution in [1.29, 1.82) is 0 Å². The van der Waals surface area contributed by atoms with Crippen molar-refractivity contribution in [1.82, 2.24) is 9.80 Å². The zero-order chi connectivity index (χ0) is 33.1. The molecule has 1 N–H and O–H groups in total. The number of hydrogen-bond donors (Lipinski definition) is 1. The fourth-order valence-corrected chi connectivity index (χ4v) is 9.86. The van der Waals surface area contributed by atoms with E-state index in [9.17, 15) is 9.90 Å². The number of nitrogens with zero attached hydrogens (tertiary/aromatic N) is 2. The van der Waals surface area contributed by atoms with E-state index in [2.05, 4.69) is 77.0 Å². The molecule has 0 unspecified atom stereocenters. The van der Waals surface area contributed by atoms with Crippen molar-refractivity contribution < 1.29 is 19.4 Å². The number of ether oxygens (including phenoxy) is 2. The fourth-order valence-electron chi connectivity index (χ4n) is 9.86. The van der Waals surface area contributed by atoms with Gasteiger partial charge < -0.3 is 14.6 Å². The lowest BCUT2D eigenvalue weighted by Gasteiger charge is -2.60. The normalized spacial score (nSPS) is 25.4. The van der Waals surface area contributed by atoms with Gasteiger partial charge in [-0.3, -0.25) is 14.6 Å². The predicted octanol–water partition coefficient (Wildman–Crippen LogP) is 7.65. The summed E-state index contributed by atoms with van der Waals surface area (Å²) in [5, 5.41) is 11.4. The van der Waals surface area contributed by atoms with Crippen LogP contribution in [-0.2, 0) is 29.5 Å². The number of unbranched alkanes of at least 4 members (excludes halogenated alkanes) is 3. The number of phenols is 1. The van der Waals surface area contributed by atoms with Crippen LogP contribution in [0.25, 0.3) is 0 Å². The van der Waals surface area contributed by atoms with Gasteiger partial charge in [0.15, 0.2) is 11.5 Å². The molecule has 6 heteroatoms. The zero-order valence-corrected chi connectivity index (χ0v) is 28.6. The Hall–Kier alpha value is -3.61. The van der Waals surface area contributed by atoms with Crippen LogP contribution in [0, 0.1) is 5.92 Å². The average Bonchev–Trinajstić information content (AvgIpc) is 3.43. The highest BCUT2D eigenvalue weighted by Gasteiger charge is 2.66. The Labute approximate surface area is 286 Å². The molecule has 3 aromatic rings. The van der Waals surface area contributed by atoms with Gasteiger partial charge in [0.25, 0.3) is 0 Å². The van der Waals surface area contributed by atoms with Gasteiger partial charge in [-0.2, -0.15) is 0 Å². The van der Waals surface area contributed by atoms with Gasteiger partial charge in [0.1, 0.15) is 11.9 Å². The van der Waals surface area contributed by atoms with Crippen LogP contribution in [0.1, 0.15) is 80.5 Å². The first kappa shape index (κ1) is 32.9. The molecule has 3 aromatic carbocycles. The minimum Gasteiger partial charge on any atom is -0.508 e. The van der Waals surface area contributed by atoms with Gasteiger partial charge in [-0.25, -0.2) is 0 Å². The molecule has 7 rings (SSSR count). The average molecular weight is 649 g/mol. The van der Waals surface area contributed by atoms with Gasteiger partial charge in [0.05, 0.1) is 0 Å². The third kappa shape index (κ3) is 6.30. The van der Waals surface area contributed by atoms with E-state index in [1.807, 2.05) is 6.08 Å². The number of benzene rings is 3. The summed E-state index contributed by atoms with van der Waals surface area (Å²) in [6, 6.07) is 23.9. The van der Waals surface area contributed by atoms with E-state index in [0.717, 1.165) is 82.3 Å². The summed E-state index contributed by atoms with van der Waals surface area (Å²) in [5.41, 5.74) is 4.75. The number of aromatic hydroxyl groups is 1. The summed E-state index contributed by atoms with van der Waals surface area (Å²) in [6.45, 7) is 9.41. The number of piperidine rings is 1. The molecule has 0 amide bonds. The van der Waals surface area contributed by atoms with E-state index < -0.39 is 0 Å². The highest BCUT2D eigenvalue weighted by molar-refractivity contribution is 5.73. The number of carbonyl (C=O) groups is 1. The number of aryl methyl sites for hydroxylation is 2. The van der Waals surface area contributed by atoms with Crippen LogP contribution in [0.5, 0.6) is 17.2 Å². The molecule has 0 aromatic heterocycles. The molecule has 6 nitrogen and oxygen atoms in total. The van der Waals surface area contributed by atoms with E-state index in [4.69, 9.17) is 9.47 Å².